The molecule has 7 heteroatoms. The van der Waals surface area contributed by atoms with Crippen molar-refractivity contribution >= 4 is 15.9 Å². The third kappa shape index (κ3) is 6.03. The van der Waals surface area contributed by atoms with Gasteiger partial charge < -0.3 is 10.4 Å². The Labute approximate surface area is 119 Å². The van der Waals surface area contributed by atoms with Crippen molar-refractivity contribution in [2.24, 2.45) is 0 Å². The van der Waals surface area contributed by atoms with E-state index >= 15 is 0 Å². The first-order valence-corrected chi connectivity index (χ1v) is 8.10. The largest absolute Gasteiger partial charge is 0.508 e. The average molecular weight is 300 g/mol. The van der Waals surface area contributed by atoms with E-state index in [1.165, 1.54) is 11.4 Å². The number of sulfonamides is 1. The lowest BCUT2D eigenvalue weighted by Crippen LogP contribution is -2.35. The first kappa shape index (κ1) is 16.5. The molecule has 0 aliphatic carbocycles. The van der Waals surface area contributed by atoms with Crippen LogP contribution in [-0.2, 0) is 21.2 Å². The van der Waals surface area contributed by atoms with E-state index in [9.17, 15) is 13.2 Å². The molecule has 0 aliphatic rings. The number of phenols is 1. The van der Waals surface area contributed by atoms with E-state index in [1.54, 1.807) is 24.3 Å². The minimum absolute atomic E-state index is 0.125. The summed E-state index contributed by atoms with van der Waals surface area (Å²) in [5.74, 6) is 0.0713. The van der Waals surface area contributed by atoms with Gasteiger partial charge >= 0.3 is 0 Å². The number of aromatic hydroxyl groups is 1. The molecule has 0 fully saturated rings. The van der Waals surface area contributed by atoms with Crippen molar-refractivity contribution in [2.45, 2.75) is 12.8 Å². The van der Waals surface area contributed by atoms with Crippen molar-refractivity contribution in [3.8, 4) is 5.75 Å². The Morgan fingerprint density at radius 3 is 2.45 bits per heavy atom. The summed E-state index contributed by atoms with van der Waals surface area (Å²) in [4.78, 5) is 11.6. The minimum atomic E-state index is -3.20. The normalized spacial score (nSPS) is 11.6. The van der Waals surface area contributed by atoms with Crippen molar-refractivity contribution in [1.82, 2.24) is 9.62 Å². The van der Waals surface area contributed by atoms with Gasteiger partial charge in [0, 0.05) is 26.6 Å². The number of carbonyl (C=O) groups is 1. The highest BCUT2D eigenvalue weighted by atomic mass is 32.2. The number of nitrogens with zero attached hydrogens (tertiary/aromatic N) is 1. The van der Waals surface area contributed by atoms with E-state index in [2.05, 4.69) is 5.32 Å². The maximum atomic E-state index is 11.6. The van der Waals surface area contributed by atoms with Crippen LogP contribution in [0.5, 0.6) is 5.75 Å². The molecule has 1 aromatic rings. The maximum absolute atomic E-state index is 11.6. The Hall–Kier alpha value is -1.60. The summed E-state index contributed by atoms with van der Waals surface area (Å²) in [6.07, 6.45) is 2.03. The smallest absolute Gasteiger partial charge is 0.220 e. The molecule has 0 spiro atoms. The lowest BCUT2D eigenvalue weighted by atomic mass is 10.1. The lowest BCUT2D eigenvalue weighted by molar-refractivity contribution is -0.121. The van der Waals surface area contributed by atoms with Gasteiger partial charge in [0.2, 0.25) is 15.9 Å². The summed E-state index contributed by atoms with van der Waals surface area (Å²) in [5.41, 5.74) is 0.964. The molecule has 1 aromatic carbocycles. The highest BCUT2D eigenvalue weighted by molar-refractivity contribution is 7.88. The number of carbonyl (C=O) groups excluding carboxylic acids is 1. The third-order valence-electron chi connectivity index (χ3n) is 2.89. The minimum Gasteiger partial charge on any atom is -0.508 e. The Morgan fingerprint density at radius 2 is 1.90 bits per heavy atom. The predicted octanol–water partition coefficient (Wildman–Crippen LogP) is 0.332. The summed E-state index contributed by atoms with van der Waals surface area (Å²) < 4.78 is 23.5. The van der Waals surface area contributed by atoms with E-state index < -0.39 is 10.0 Å². The second kappa shape index (κ2) is 7.25. The molecule has 20 heavy (non-hydrogen) atoms. The quantitative estimate of drug-likeness (QED) is 0.760. The van der Waals surface area contributed by atoms with Crippen LogP contribution in [0.3, 0.4) is 0 Å². The molecule has 0 aliphatic heterocycles. The standard InChI is InChI=1S/C13H20N2O4S/c1-15(20(2,18)19)10-9-14-13(17)8-5-11-3-6-12(16)7-4-11/h3-4,6-7,16H,5,8-10H2,1-2H3,(H,14,17). The SMILES string of the molecule is CN(CCNC(=O)CCc1ccc(O)cc1)S(C)(=O)=O. The first-order valence-electron chi connectivity index (χ1n) is 6.25. The Morgan fingerprint density at radius 1 is 1.30 bits per heavy atom. The molecule has 0 heterocycles. The number of hydrogen-bond acceptors (Lipinski definition) is 4. The Balaban J connectivity index is 2.26. The Kier molecular flexibility index (Phi) is 5.97. The number of likely N-dealkylation sites (N-methyl/N-ethyl adjacent to an activating group) is 1. The lowest BCUT2D eigenvalue weighted by Gasteiger charge is -2.14. The third-order valence-corrected chi connectivity index (χ3v) is 4.21. The summed E-state index contributed by atoms with van der Waals surface area (Å²) in [6, 6.07) is 6.68. The zero-order valence-corrected chi connectivity index (χ0v) is 12.5. The molecule has 6 nitrogen and oxygen atoms in total. The van der Waals surface area contributed by atoms with Crippen LogP contribution < -0.4 is 5.32 Å². The maximum Gasteiger partial charge on any atom is 0.220 e. The monoisotopic (exact) mass is 300 g/mol. The fourth-order valence-corrected chi connectivity index (χ4v) is 1.95. The van der Waals surface area contributed by atoms with Crippen LogP contribution >= 0.6 is 0 Å². The van der Waals surface area contributed by atoms with E-state index in [0.29, 0.717) is 12.8 Å². The number of hydrogen-bond donors (Lipinski definition) is 2. The van der Waals surface area contributed by atoms with Gasteiger partial charge in [-0.1, -0.05) is 12.1 Å². The zero-order chi connectivity index (χ0) is 15.2. The Bertz CT molecular complexity index is 540. The number of rotatable bonds is 7. The molecule has 0 radical (unpaired) electrons. The van der Waals surface area contributed by atoms with Crippen LogP contribution in [0.2, 0.25) is 0 Å². The summed E-state index contributed by atoms with van der Waals surface area (Å²) >= 11 is 0. The van der Waals surface area contributed by atoms with Crippen molar-refractivity contribution in [2.75, 3.05) is 26.4 Å². The molecule has 1 amide bonds. The van der Waals surface area contributed by atoms with E-state index in [0.717, 1.165) is 11.8 Å². The number of nitrogens with one attached hydrogen (secondary N) is 1. The van der Waals surface area contributed by atoms with Crippen LogP contribution in [0.1, 0.15) is 12.0 Å². The molecule has 2 N–H and O–H groups in total. The van der Waals surface area contributed by atoms with Crippen LogP contribution in [-0.4, -0.2) is 50.1 Å². The van der Waals surface area contributed by atoms with E-state index in [1.807, 2.05) is 0 Å². The number of phenolic OH excluding ortho intramolecular Hbond substituents is 1. The number of benzene rings is 1. The molecule has 0 bridgehead atoms. The summed E-state index contributed by atoms with van der Waals surface area (Å²) in [5, 5.41) is 11.8. The molecular formula is C13H20N2O4S. The average Bonchev–Trinajstić information content (AvgIpc) is 2.37. The van der Waals surface area contributed by atoms with E-state index in [-0.39, 0.29) is 24.7 Å². The molecule has 0 saturated carbocycles. The van der Waals surface area contributed by atoms with Gasteiger partial charge in [0.05, 0.1) is 6.26 Å². The van der Waals surface area contributed by atoms with Crippen LogP contribution in [0, 0.1) is 0 Å². The van der Waals surface area contributed by atoms with Crippen LogP contribution in [0.4, 0.5) is 0 Å². The molecule has 0 saturated heterocycles. The van der Waals surface area contributed by atoms with Crippen molar-refractivity contribution in [3.63, 3.8) is 0 Å². The van der Waals surface area contributed by atoms with Gasteiger partial charge in [-0.15, -0.1) is 0 Å². The van der Waals surface area contributed by atoms with Gasteiger partial charge in [-0.05, 0) is 24.1 Å². The molecule has 1 rings (SSSR count). The van der Waals surface area contributed by atoms with Crippen LogP contribution in [0.25, 0.3) is 0 Å². The highest BCUT2D eigenvalue weighted by Crippen LogP contribution is 2.10. The summed E-state index contributed by atoms with van der Waals surface area (Å²) in [6.45, 7) is 0.543. The summed E-state index contributed by atoms with van der Waals surface area (Å²) in [7, 11) is -1.73. The molecular weight excluding hydrogens is 280 g/mol. The van der Waals surface area contributed by atoms with Gasteiger partial charge in [-0.3, -0.25) is 4.79 Å². The zero-order valence-electron chi connectivity index (χ0n) is 11.7. The van der Waals surface area contributed by atoms with Gasteiger partial charge in [-0.25, -0.2) is 12.7 Å². The van der Waals surface area contributed by atoms with Gasteiger partial charge in [-0.2, -0.15) is 0 Å². The molecule has 0 unspecified atom stereocenters. The van der Waals surface area contributed by atoms with Crippen LogP contribution in [0.15, 0.2) is 24.3 Å². The van der Waals surface area contributed by atoms with Crippen molar-refractivity contribution in [3.05, 3.63) is 29.8 Å². The van der Waals surface area contributed by atoms with Crippen molar-refractivity contribution in [1.29, 1.82) is 0 Å². The second-order valence-electron chi connectivity index (χ2n) is 4.60. The predicted molar refractivity (Wildman–Crippen MR) is 76.9 cm³/mol. The van der Waals surface area contributed by atoms with Gasteiger partial charge in [0.25, 0.3) is 0 Å². The van der Waals surface area contributed by atoms with Gasteiger partial charge in [0.1, 0.15) is 5.75 Å². The van der Waals surface area contributed by atoms with Crippen molar-refractivity contribution < 1.29 is 18.3 Å². The topological polar surface area (TPSA) is 86.7 Å². The first-order chi connectivity index (χ1) is 9.29. The number of amides is 1. The fourth-order valence-electron chi connectivity index (χ4n) is 1.53. The van der Waals surface area contributed by atoms with Gasteiger partial charge in [0.15, 0.2) is 0 Å². The highest BCUT2D eigenvalue weighted by Gasteiger charge is 2.10. The molecule has 0 atom stereocenters. The second-order valence-corrected chi connectivity index (χ2v) is 6.69. The number of aryl methyl sites for hydroxylation is 1. The fraction of sp³-hybridized carbons (Fsp3) is 0.462. The molecule has 0 aromatic heterocycles. The molecule has 112 valence electrons. The van der Waals surface area contributed by atoms with E-state index in [4.69, 9.17) is 5.11 Å².